The number of nitrogens with one attached hydrogen (secondary N) is 1. The fourth-order valence-corrected chi connectivity index (χ4v) is 2.82. The third-order valence-electron chi connectivity index (χ3n) is 4.37. The molecule has 0 aliphatic heterocycles. The second kappa shape index (κ2) is 8.91. The molecular weight excluding hydrogens is 396 g/mol. The minimum Gasteiger partial charge on any atom is -0.493 e. The van der Waals surface area contributed by atoms with E-state index in [1.54, 1.807) is 25.1 Å². The van der Waals surface area contributed by atoms with Gasteiger partial charge in [-0.25, -0.2) is 13.8 Å². The highest BCUT2D eigenvalue weighted by Gasteiger charge is 2.24. The van der Waals surface area contributed by atoms with Crippen LogP contribution in [-0.4, -0.2) is 25.1 Å². The van der Waals surface area contributed by atoms with Gasteiger partial charge in [-0.1, -0.05) is 6.07 Å². The van der Waals surface area contributed by atoms with Crippen molar-refractivity contribution in [3.63, 3.8) is 0 Å². The van der Waals surface area contributed by atoms with Gasteiger partial charge in [-0.3, -0.25) is 4.79 Å². The molecule has 30 heavy (non-hydrogen) atoms. The van der Waals surface area contributed by atoms with E-state index in [1.165, 1.54) is 20.3 Å². The van der Waals surface area contributed by atoms with Gasteiger partial charge in [-0.2, -0.15) is 0 Å². The molecule has 1 amide bonds. The fourth-order valence-electron chi connectivity index (χ4n) is 2.82. The van der Waals surface area contributed by atoms with Crippen LogP contribution in [0, 0.1) is 11.6 Å². The smallest absolute Gasteiger partial charge is 0.273 e. The number of oxazole rings is 1. The monoisotopic (exact) mass is 417 g/mol. The summed E-state index contributed by atoms with van der Waals surface area (Å²) in [6, 6.07) is 7.55. The van der Waals surface area contributed by atoms with Crippen LogP contribution in [0.1, 0.15) is 34.8 Å². The van der Waals surface area contributed by atoms with Crippen molar-refractivity contribution in [1.29, 1.82) is 0 Å². The molecule has 2 aromatic carbocycles. The van der Waals surface area contributed by atoms with Gasteiger partial charge in [0.25, 0.3) is 5.91 Å². The molecule has 1 unspecified atom stereocenters. The zero-order chi connectivity index (χ0) is 21.8. The van der Waals surface area contributed by atoms with E-state index in [-0.39, 0.29) is 29.5 Å². The number of methoxy groups -OCH3 is 2. The van der Waals surface area contributed by atoms with Gasteiger partial charge in [0.1, 0.15) is 11.6 Å². The van der Waals surface area contributed by atoms with Crippen LogP contribution in [0.3, 0.4) is 0 Å². The third kappa shape index (κ3) is 4.41. The number of nitrogens with two attached hydrogens (primary N) is 1. The number of rotatable bonds is 7. The van der Waals surface area contributed by atoms with E-state index in [1.807, 2.05) is 0 Å². The van der Waals surface area contributed by atoms with Crippen LogP contribution in [0.4, 0.5) is 8.78 Å². The molecule has 158 valence electrons. The molecule has 3 rings (SSSR count). The van der Waals surface area contributed by atoms with Gasteiger partial charge in [0.05, 0.1) is 20.3 Å². The first-order chi connectivity index (χ1) is 14.3. The van der Waals surface area contributed by atoms with Crippen molar-refractivity contribution in [2.75, 3.05) is 14.2 Å². The SMILES string of the molecule is COc1ccc(-c2nc(C(=O)NCc3ccc(F)cc3F)c(C(C)N)o2)cc1OC. The summed E-state index contributed by atoms with van der Waals surface area (Å²) in [5.74, 6) is -0.709. The Bertz CT molecular complexity index is 1070. The number of carbonyl (C=O) groups excluding carboxylic acids is 1. The molecule has 1 atom stereocenters. The molecule has 3 aromatic rings. The zero-order valence-corrected chi connectivity index (χ0v) is 16.7. The van der Waals surface area contributed by atoms with Crippen molar-refractivity contribution in [3.05, 3.63) is 65.1 Å². The quantitative estimate of drug-likeness (QED) is 0.610. The number of hydrogen-bond acceptors (Lipinski definition) is 6. The predicted octanol–water partition coefficient (Wildman–Crippen LogP) is 3.59. The zero-order valence-electron chi connectivity index (χ0n) is 16.7. The molecule has 0 radical (unpaired) electrons. The van der Waals surface area contributed by atoms with Gasteiger partial charge in [0, 0.05) is 23.7 Å². The molecule has 0 aliphatic rings. The molecule has 0 spiro atoms. The number of nitrogens with zero attached hydrogens (tertiary/aromatic N) is 1. The van der Waals surface area contributed by atoms with Gasteiger partial charge in [0.2, 0.25) is 5.89 Å². The summed E-state index contributed by atoms with van der Waals surface area (Å²) in [6.07, 6.45) is 0. The molecule has 0 fully saturated rings. The Morgan fingerprint density at radius 3 is 2.53 bits per heavy atom. The second-order valence-electron chi connectivity index (χ2n) is 6.51. The van der Waals surface area contributed by atoms with Crippen LogP contribution in [0.2, 0.25) is 0 Å². The van der Waals surface area contributed by atoms with E-state index in [4.69, 9.17) is 19.6 Å². The van der Waals surface area contributed by atoms with Gasteiger partial charge >= 0.3 is 0 Å². The number of ether oxygens (including phenoxy) is 2. The molecule has 3 N–H and O–H groups in total. The lowest BCUT2D eigenvalue weighted by molar-refractivity contribution is 0.0943. The number of hydrogen-bond donors (Lipinski definition) is 2. The molecule has 1 aromatic heterocycles. The number of aromatic nitrogens is 1. The number of benzene rings is 2. The Labute approximate surface area is 171 Å². The fraction of sp³-hybridized carbons (Fsp3) is 0.238. The van der Waals surface area contributed by atoms with Gasteiger partial charge in [0.15, 0.2) is 23.0 Å². The summed E-state index contributed by atoms with van der Waals surface area (Å²) in [6.45, 7) is 1.50. The number of carbonyl (C=O) groups is 1. The summed E-state index contributed by atoms with van der Waals surface area (Å²) in [5.41, 5.74) is 6.61. The first kappa shape index (κ1) is 21.3. The normalized spacial score (nSPS) is 11.8. The Morgan fingerprint density at radius 2 is 1.90 bits per heavy atom. The van der Waals surface area contributed by atoms with Crippen LogP contribution in [0.15, 0.2) is 40.8 Å². The molecule has 0 saturated carbocycles. The van der Waals surface area contributed by atoms with Gasteiger partial charge in [-0.15, -0.1) is 0 Å². The maximum atomic E-state index is 13.8. The summed E-state index contributed by atoms with van der Waals surface area (Å²) in [5, 5.41) is 2.55. The van der Waals surface area contributed by atoms with Crippen LogP contribution in [-0.2, 0) is 6.54 Å². The van der Waals surface area contributed by atoms with Crippen molar-refractivity contribution in [1.82, 2.24) is 10.3 Å². The van der Waals surface area contributed by atoms with Gasteiger partial charge in [-0.05, 0) is 31.2 Å². The van der Waals surface area contributed by atoms with Crippen molar-refractivity contribution < 1.29 is 27.5 Å². The standard InChI is InChI=1S/C21H21F2N3O4/c1-11(24)19-18(20(27)25-10-13-4-6-14(22)9-15(13)23)26-21(30-19)12-5-7-16(28-2)17(8-12)29-3/h4-9,11H,10,24H2,1-3H3,(H,25,27). The predicted molar refractivity (Wildman–Crippen MR) is 105 cm³/mol. The maximum Gasteiger partial charge on any atom is 0.273 e. The highest BCUT2D eigenvalue weighted by Crippen LogP contribution is 2.33. The van der Waals surface area contributed by atoms with E-state index in [0.29, 0.717) is 17.1 Å². The maximum absolute atomic E-state index is 13.8. The van der Waals surface area contributed by atoms with E-state index < -0.39 is 23.6 Å². The van der Waals surface area contributed by atoms with E-state index in [2.05, 4.69) is 10.3 Å². The minimum absolute atomic E-state index is 0.0164. The Hall–Kier alpha value is -3.46. The van der Waals surface area contributed by atoms with Crippen molar-refractivity contribution in [2.45, 2.75) is 19.5 Å². The second-order valence-corrected chi connectivity index (χ2v) is 6.51. The first-order valence-electron chi connectivity index (χ1n) is 9.04. The van der Waals surface area contributed by atoms with Crippen LogP contribution in [0.5, 0.6) is 11.5 Å². The molecule has 7 nitrogen and oxygen atoms in total. The highest BCUT2D eigenvalue weighted by molar-refractivity contribution is 5.94. The molecule has 0 aliphatic carbocycles. The van der Waals surface area contributed by atoms with Crippen molar-refractivity contribution in [2.24, 2.45) is 5.73 Å². The highest BCUT2D eigenvalue weighted by atomic mass is 19.1. The average molecular weight is 417 g/mol. The minimum atomic E-state index is -0.756. The Morgan fingerprint density at radius 1 is 1.17 bits per heavy atom. The Kier molecular flexibility index (Phi) is 6.31. The van der Waals surface area contributed by atoms with E-state index in [0.717, 1.165) is 12.1 Å². The van der Waals surface area contributed by atoms with Crippen molar-refractivity contribution in [3.8, 4) is 23.0 Å². The first-order valence-corrected chi connectivity index (χ1v) is 9.04. The molecule has 9 heteroatoms. The van der Waals surface area contributed by atoms with E-state index >= 15 is 0 Å². The lowest BCUT2D eigenvalue weighted by atomic mass is 10.2. The number of amides is 1. The number of halogens is 2. The summed E-state index contributed by atoms with van der Waals surface area (Å²) >= 11 is 0. The Balaban J connectivity index is 1.88. The average Bonchev–Trinajstić information content (AvgIpc) is 3.18. The third-order valence-corrected chi connectivity index (χ3v) is 4.37. The van der Waals surface area contributed by atoms with Crippen LogP contribution >= 0.6 is 0 Å². The summed E-state index contributed by atoms with van der Waals surface area (Å²) < 4.78 is 43.1. The molecule has 0 saturated heterocycles. The molecular formula is C21H21F2N3O4. The summed E-state index contributed by atoms with van der Waals surface area (Å²) in [4.78, 5) is 16.9. The summed E-state index contributed by atoms with van der Waals surface area (Å²) in [7, 11) is 3.02. The molecule has 1 heterocycles. The largest absolute Gasteiger partial charge is 0.493 e. The molecule has 0 bridgehead atoms. The van der Waals surface area contributed by atoms with E-state index in [9.17, 15) is 13.6 Å². The lowest BCUT2D eigenvalue weighted by Gasteiger charge is -2.07. The lowest BCUT2D eigenvalue weighted by Crippen LogP contribution is -2.25. The van der Waals surface area contributed by atoms with Crippen LogP contribution < -0.4 is 20.5 Å². The van der Waals surface area contributed by atoms with Crippen LogP contribution in [0.25, 0.3) is 11.5 Å². The van der Waals surface area contributed by atoms with Gasteiger partial charge < -0.3 is 24.9 Å². The van der Waals surface area contributed by atoms with Crippen molar-refractivity contribution >= 4 is 5.91 Å². The topological polar surface area (TPSA) is 99.6 Å².